The molecule has 0 saturated carbocycles. The van der Waals surface area contributed by atoms with E-state index in [-0.39, 0.29) is 18.2 Å². The first-order valence-electron chi connectivity index (χ1n) is 8.99. The molecule has 150 valence electrons. The van der Waals surface area contributed by atoms with Crippen LogP contribution in [0.25, 0.3) is 5.69 Å². The van der Waals surface area contributed by atoms with Crippen molar-refractivity contribution in [2.24, 2.45) is 0 Å². The Balaban J connectivity index is 1.86. The average Bonchev–Trinajstić information content (AvgIpc) is 3.15. The highest BCUT2D eigenvalue weighted by Crippen LogP contribution is 2.47. The smallest absolute Gasteiger partial charge is 0.226 e. The Morgan fingerprint density at radius 2 is 1.90 bits per heavy atom. The summed E-state index contributed by atoms with van der Waals surface area (Å²) < 4.78 is 18.3. The lowest BCUT2D eigenvalue weighted by atomic mass is 9.88. The van der Waals surface area contributed by atoms with Crippen LogP contribution in [-0.2, 0) is 4.79 Å². The van der Waals surface area contributed by atoms with Gasteiger partial charge in [0.25, 0.3) is 0 Å². The number of benzene rings is 2. The van der Waals surface area contributed by atoms with Gasteiger partial charge in [-0.2, -0.15) is 0 Å². The fourth-order valence-corrected chi connectivity index (χ4v) is 3.87. The second-order valence-corrected chi connectivity index (χ2v) is 6.99. The van der Waals surface area contributed by atoms with Crippen LogP contribution in [0.15, 0.2) is 42.7 Å². The molecule has 1 aromatic heterocycles. The molecule has 8 heteroatoms. The van der Waals surface area contributed by atoms with Gasteiger partial charge in [-0.1, -0.05) is 23.7 Å². The zero-order valence-corrected chi connectivity index (χ0v) is 17.0. The van der Waals surface area contributed by atoms with Crippen LogP contribution in [0, 0.1) is 0 Å². The van der Waals surface area contributed by atoms with Gasteiger partial charge in [-0.05, 0) is 24.3 Å². The topological polar surface area (TPSA) is 74.6 Å². The fourth-order valence-electron chi connectivity index (χ4n) is 3.68. The number of carbonyl (C=O) groups is 1. The van der Waals surface area contributed by atoms with Crippen molar-refractivity contribution in [1.29, 1.82) is 0 Å². The number of hydrogen-bond acceptors (Lipinski definition) is 5. The quantitative estimate of drug-likeness (QED) is 0.683. The summed E-state index contributed by atoms with van der Waals surface area (Å²) in [5.74, 6) is 1.77. The van der Waals surface area contributed by atoms with E-state index in [0.29, 0.717) is 28.1 Å². The highest BCUT2D eigenvalue weighted by Gasteiger charge is 2.34. The van der Waals surface area contributed by atoms with Crippen LogP contribution >= 0.6 is 11.6 Å². The molecule has 2 aromatic carbocycles. The summed E-state index contributed by atoms with van der Waals surface area (Å²) in [6.07, 6.45) is 1.92. The van der Waals surface area contributed by atoms with E-state index < -0.39 is 0 Å². The molecule has 29 heavy (non-hydrogen) atoms. The van der Waals surface area contributed by atoms with E-state index in [9.17, 15) is 4.79 Å². The summed E-state index contributed by atoms with van der Waals surface area (Å²) in [7, 11) is 4.68. The molecule has 7 nitrogen and oxygen atoms in total. The van der Waals surface area contributed by atoms with Crippen molar-refractivity contribution in [2.75, 3.05) is 26.6 Å². The van der Waals surface area contributed by atoms with E-state index in [1.165, 1.54) is 0 Å². The number of amides is 1. The number of ether oxygens (including phenoxy) is 3. The number of rotatable bonds is 5. The number of methoxy groups -OCH3 is 3. The van der Waals surface area contributed by atoms with E-state index in [0.717, 1.165) is 16.9 Å². The highest BCUT2D eigenvalue weighted by molar-refractivity contribution is 6.30. The Morgan fingerprint density at radius 3 is 2.59 bits per heavy atom. The second-order valence-electron chi connectivity index (χ2n) is 6.56. The predicted molar refractivity (Wildman–Crippen MR) is 110 cm³/mol. The standard InChI is InChI=1S/C21H20ClN3O4/c1-27-16-8-7-14(19(28-2)20(16)29-3)15-10-17(26)24-21-18(15)23-11-25(21)13-6-4-5-12(22)9-13/h4-9,11,15H,10H2,1-3H3,(H,24,26)/t15-/m1/s1. The molecular formula is C21H20ClN3O4. The minimum absolute atomic E-state index is 0.108. The number of nitrogens with one attached hydrogen (secondary N) is 1. The minimum Gasteiger partial charge on any atom is -0.493 e. The molecular weight excluding hydrogens is 394 g/mol. The Morgan fingerprint density at radius 1 is 1.10 bits per heavy atom. The summed E-state index contributed by atoms with van der Waals surface area (Å²) in [5, 5.41) is 3.54. The molecule has 4 rings (SSSR count). The maximum Gasteiger partial charge on any atom is 0.226 e. The molecule has 2 heterocycles. The van der Waals surface area contributed by atoms with Gasteiger partial charge in [0.1, 0.15) is 12.1 Å². The van der Waals surface area contributed by atoms with Gasteiger partial charge in [-0.15, -0.1) is 0 Å². The number of imidazole rings is 1. The van der Waals surface area contributed by atoms with Gasteiger partial charge in [0.2, 0.25) is 11.7 Å². The average molecular weight is 414 g/mol. The molecule has 0 radical (unpaired) electrons. The maximum atomic E-state index is 12.6. The first-order valence-corrected chi connectivity index (χ1v) is 9.37. The maximum absolute atomic E-state index is 12.6. The Kier molecular flexibility index (Phi) is 5.07. The number of carbonyl (C=O) groups excluding carboxylic acids is 1. The van der Waals surface area contributed by atoms with Gasteiger partial charge in [-0.25, -0.2) is 4.98 Å². The van der Waals surface area contributed by atoms with Crippen molar-refractivity contribution >= 4 is 23.3 Å². The third-order valence-electron chi connectivity index (χ3n) is 4.97. The predicted octanol–water partition coefficient (Wildman–Crippen LogP) is 4.03. The minimum atomic E-state index is -0.297. The van der Waals surface area contributed by atoms with Crippen molar-refractivity contribution in [2.45, 2.75) is 12.3 Å². The van der Waals surface area contributed by atoms with Gasteiger partial charge >= 0.3 is 0 Å². The molecule has 0 bridgehead atoms. The molecule has 0 saturated heterocycles. The number of fused-ring (bicyclic) bond motifs is 1. The van der Waals surface area contributed by atoms with Gasteiger partial charge < -0.3 is 19.5 Å². The molecule has 1 aliphatic rings. The van der Waals surface area contributed by atoms with E-state index in [2.05, 4.69) is 10.3 Å². The Hall–Kier alpha value is -3.19. The summed E-state index contributed by atoms with van der Waals surface area (Å²) in [6.45, 7) is 0. The second kappa shape index (κ2) is 7.67. The van der Waals surface area contributed by atoms with Gasteiger partial charge in [0, 0.05) is 28.6 Å². The van der Waals surface area contributed by atoms with Gasteiger partial charge in [-0.3, -0.25) is 9.36 Å². The van der Waals surface area contributed by atoms with Crippen LogP contribution in [0.3, 0.4) is 0 Å². The summed E-state index contributed by atoms with van der Waals surface area (Å²) in [6, 6.07) is 11.0. The van der Waals surface area contributed by atoms with Crippen molar-refractivity contribution in [3.63, 3.8) is 0 Å². The monoisotopic (exact) mass is 413 g/mol. The zero-order chi connectivity index (χ0) is 20.5. The first kappa shape index (κ1) is 19.1. The fraction of sp³-hybridized carbons (Fsp3) is 0.238. The van der Waals surface area contributed by atoms with Crippen molar-refractivity contribution in [3.8, 4) is 22.9 Å². The summed E-state index contributed by atoms with van der Waals surface area (Å²) >= 11 is 6.14. The largest absolute Gasteiger partial charge is 0.493 e. The Bertz CT molecular complexity index is 1080. The Labute approximate surface area is 173 Å². The van der Waals surface area contributed by atoms with Crippen LogP contribution < -0.4 is 19.5 Å². The highest BCUT2D eigenvalue weighted by atomic mass is 35.5. The number of hydrogen-bond donors (Lipinski definition) is 1. The molecule has 1 aliphatic heterocycles. The third-order valence-corrected chi connectivity index (χ3v) is 5.20. The van der Waals surface area contributed by atoms with E-state index >= 15 is 0 Å². The summed E-state index contributed by atoms with van der Waals surface area (Å²) in [4.78, 5) is 17.2. The van der Waals surface area contributed by atoms with Crippen molar-refractivity contribution < 1.29 is 19.0 Å². The molecule has 1 N–H and O–H groups in total. The number of halogens is 1. The van der Waals surface area contributed by atoms with Crippen LogP contribution in [0.1, 0.15) is 23.6 Å². The van der Waals surface area contributed by atoms with Crippen LogP contribution in [0.2, 0.25) is 5.02 Å². The van der Waals surface area contributed by atoms with E-state index in [1.54, 1.807) is 39.8 Å². The van der Waals surface area contributed by atoms with Crippen molar-refractivity contribution in [1.82, 2.24) is 9.55 Å². The molecule has 1 atom stereocenters. The number of aromatic nitrogens is 2. The lowest BCUT2D eigenvalue weighted by Crippen LogP contribution is -2.25. The lowest BCUT2D eigenvalue weighted by molar-refractivity contribution is -0.116. The molecule has 3 aromatic rings. The van der Waals surface area contributed by atoms with Crippen molar-refractivity contribution in [3.05, 3.63) is 59.0 Å². The van der Waals surface area contributed by atoms with Gasteiger partial charge in [0.15, 0.2) is 11.5 Å². The third kappa shape index (κ3) is 3.27. The van der Waals surface area contributed by atoms with E-state index in [4.69, 9.17) is 25.8 Å². The van der Waals surface area contributed by atoms with Gasteiger partial charge in [0.05, 0.1) is 27.0 Å². The molecule has 0 aliphatic carbocycles. The number of anilines is 1. The SMILES string of the molecule is COc1ccc([C@H]2CC(=O)Nc3c2ncn3-c2cccc(Cl)c2)c(OC)c1OC. The zero-order valence-electron chi connectivity index (χ0n) is 16.2. The first-order chi connectivity index (χ1) is 14.1. The normalized spacial score (nSPS) is 15.4. The van der Waals surface area contributed by atoms with Crippen LogP contribution in [-0.4, -0.2) is 36.8 Å². The van der Waals surface area contributed by atoms with Crippen LogP contribution in [0.4, 0.5) is 5.82 Å². The van der Waals surface area contributed by atoms with E-state index in [1.807, 2.05) is 28.8 Å². The molecule has 0 spiro atoms. The molecule has 0 unspecified atom stereocenters. The number of nitrogens with zero attached hydrogens (tertiary/aromatic N) is 2. The molecule has 1 amide bonds. The van der Waals surface area contributed by atoms with Crippen LogP contribution in [0.5, 0.6) is 17.2 Å². The lowest BCUT2D eigenvalue weighted by Gasteiger charge is -2.25. The summed E-state index contributed by atoms with van der Waals surface area (Å²) in [5.41, 5.74) is 2.36. The molecule has 0 fully saturated rings.